The molecule has 2 aromatic carbocycles. The number of hydrogen-bond donors (Lipinski definition) is 1. The summed E-state index contributed by atoms with van der Waals surface area (Å²) in [5, 5.41) is 2.87. The molecule has 34 heavy (non-hydrogen) atoms. The van der Waals surface area contributed by atoms with Crippen molar-refractivity contribution in [3.63, 3.8) is 0 Å². The van der Waals surface area contributed by atoms with E-state index in [2.05, 4.69) is 15.2 Å². The van der Waals surface area contributed by atoms with E-state index < -0.39 is 0 Å². The fourth-order valence-corrected chi connectivity index (χ4v) is 3.83. The maximum absolute atomic E-state index is 13.7. The van der Waals surface area contributed by atoms with Crippen LogP contribution in [0.4, 0.5) is 8.78 Å². The van der Waals surface area contributed by atoms with Crippen molar-refractivity contribution in [3.05, 3.63) is 89.1 Å². The second kappa shape index (κ2) is 11.8. The summed E-state index contributed by atoms with van der Waals surface area (Å²) < 4.78 is 37.9. The van der Waals surface area contributed by atoms with Gasteiger partial charge < -0.3 is 14.5 Å². The molecule has 0 spiro atoms. The summed E-state index contributed by atoms with van der Waals surface area (Å²) in [5.74, 6) is -0.542. The Labute approximate surface area is 197 Å². The lowest BCUT2D eigenvalue weighted by molar-refractivity contribution is 0.0383. The summed E-state index contributed by atoms with van der Waals surface area (Å²) in [5.41, 5.74) is 1.89. The molecule has 0 radical (unpaired) electrons. The lowest BCUT2D eigenvalue weighted by atomic mass is 10.1. The van der Waals surface area contributed by atoms with Crippen LogP contribution in [0.3, 0.4) is 0 Å². The van der Waals surface area contributed by atoms with Crippen LogP contribution in [0.25, 0.3) is 0 Å². The van der Waals surface area contributed by atoms with Crippen LogP contribution in [-0.2, 0) is 24.4 Å². The number of oxazole rings is 1. The van der Waals surface area contributed by atoms with Gasteiger partial charge in [0.1, 0.15) is 17.9 Å². The number of carbonyl (C=O) groups is 1. The van der Waals surface area contributed by atoms with E-state index in [1.54, 1.807) is 18.2 Å². The summed E-state index contributed by atoms with van der Waals surface area (Å²) in [6.07, 6.45) is 1.34. The topological polar surface area (TPSA) is 70.8 Å². The third-order valence-corrected chi connectivity index (χ3v) is 5.58. The molecule has 7 nitrogen and oxygen atoms in total. The highest BCUT2D eigenvalue weighted by molar-refractivity contribution is 5.91. The number of hydrogen-bond acceptors (Lipinski definition) is 6. The van der Waals surface area contributed by atoms with Crippen LogP contribution < -0.4 is 5.32 Å². The first-order valence-electron chi connectivity index (χ1n) is 11.3. The Kier molecular flexibility index (Phi) is 8.35. The molecule has 0 unspecified atom stereocenters. The van der Waals surface area contributed by atoms with Gasteiger partial charge in [-0.3, -0.25) is 14.6 Å². The van der Waals surface area contributed by atoms with E-state index in [1.807, 2.05) is 11.0 Å². The van der Waals surface area contributed by atoms with Crippen molar-refractivity contribution in [1.82, 2.24) is 20.1 Å². The Morgan fingerprint density at radius 2 is 1.76 bits per heavy atom. The van der Waals surface area contributed by atoms with E-state index in [4.69, 9.17) is 9.15 Å². The lowest BCUT2D eigenvalue weighted by Crippen LogP contribution is -2.41. The Hall–Kier alpha value is -3.14. The Morgan fingerprint density at radius 3 is 2.53 bits per heavy atom. The highest BCUT2D eigenvalue weighted by atomic mass is 19.1. The van der Waals surface area contributed by atoms with Crippen molar-refractivity contribution < 1.29 is 22.7 Å². The monoisotopic (exact) mass is 470 g/mol. The van der Waals surface area contributed by atoms with Crippen LogP contribution in [0.1, 0.15) is 27.5 Å². The molecule has 1 amide bonds. The van der Waals surface area contributed by atoms with Gasteiger partial charge >= 0.3 is 0 Å². The number of benzene rings is 2. The molecule has 1 N–H and O–H groups in total. The molecule has 1 saturated heterocycles. The SMILES string of the molecule is O=C(NCCN1CCOCC1)c1coc(CN(Cc2ccc(F)cc2)Cc2cccc(F)c2)n1. The normalized spacial score (nSPS) is 14.4. The van der Waals surface area contributed by atoms with Crippen molar-refractivity contribution >= 4 is 5.91 Å². The molecule has 1 aromatic heterocycles. The summed E-state index contributed by atoms with van der Waals surface area (Å²) in [7, 11) is 0. The van der Waals surface area contributed by atoms with Crippen molar-refractivity contribution in [1.29, 1.82) is 0 Å². The zero-order chi connectivity index (χ0) is 23.8. The van der Waals surface area contributed by atoms with E-state index in [-0.39, 0.29) is 23.2 Å². The quantitative estimate of drug-likeness (QED) is 0.491. The Bertz CT molecular complexity index is 1070. The summed E-state index contributed by atoms with van der Waals surface area (Å²) in [6.45, 7) is 5.61. The number of ether oxygens (including phenoxy) is 1. The molecule has 1 fully saturated rings. The standard InChI is InChI=1S/C25H28F2N4O3/c26-21-6-4-19(5-7-21)15-31(16-20-2-1-3-22(27)14-20)17-24-29-23(18-34-24)25(32)28-8-9-30-10-12-33-13-11-30/h1-7,14,18H,8-13,15-17H2,(H,28,32). The Morgan fingerprint density at radius 1 is 1.00 bits per heavy atom. The van der Waals surface area contributed by atoms with Gasteiger partial charge in [0.25, 0.3) is 5.91 Å². The number of carbonyl (C=O) groups excluding carboxylic acids is 1. The Balaban J connectivity index is 1.37. The third kappa shape index (κ3) is 7.18. The zero-order valence-electron chi connectivity index (χ0n) is 18.9. The van der Waals surface area contributed by atoms with E-state index in [9.17, 15) is 13.6 Å². The number of rotatable bonds is 10. The second-order valence-electron chi connectivity index (χ2n) is 8.24. The van der Waals surface area contributed by atoms with Crippen molar-refractivity contribution in [2.45, 2.75) is 19.6 Å². The lowest BCUT2D eigenvalue weighted by Gasteiger charge is -2.26. The van der Waals surface area contributed by atoms with Crippen LogP contribution in [0.15, 0.2) is 59.2 Å². The first-order valence-corrected chi connectivity index (χ1v) is 11.3. The summed E-state index contributed by atoms with van der Waals surface area (Å²) in [4.78, 5) is 21.0. The largest absolute Gasteiger partial charge is 0.447 e. The summed E-state index contributed by atoms with van der Waals surface area (Å²) in [6, 6.07) is 12.6. The summed E-state index contributed by atoms with van der Waals surface area (Å²) >= 11 is 0. The molecular weight excluding hydrogens is 442 g/mol. The van der Waals surface area contributed by atoms with E-state index in [0.29, 0.717) is 45.3 Å². The minimum absolute atomic E-state index is 0.212. The van der Waals surface area contributed by atoms with Crippen LogP contribution in [-0.4, -0.2) is 60.1 Å². The molecule has 0 bridgehead atoms. The minimum atomic E-state index is -0.314. The van der Waals surface area contributed by atoms with Gasteiger partial charge in [0.05, 0.1) is 19.8 Å². The molecule has 2 heterocycles. The number of morpholine rings is 1. The number of nitrogens with zero attached hydrogens (tertiary/aromatic N) is 3. The first kappa shape index (κ1) is 24.0. The molecule has 180 valence electrons. The van der Waals surface area contributed by atoms with Crippen LogP contribution in [0, 0.1) is 11.6 Å². The fraction of sp³-hybridized carbons (Fsp3) is 0.360. The van der Waals surface area contributed by atoms with E-state index >= 15 is 0 Å². The van der Waals surface area contributed by atoms with Crippen LogP contribution >= 0.6 is 0 Å². The molecule has 0 saturated carbocycles. The van der Waals surface area contributed by atoms with Gasteiger partial charge in [-0.25, -0.2) is 13.8 Å². The minimum Gasteiger partial charge on any atom is -0.447 e. The molecular formula is C25H28F2N4O3. The zero-order valence-corrected chi connectivity index (χ0v) is 18.9. The maximum atomic E-state index is 13.7. The number of halogens is 2. The molecule has 1 aliphatic heterocycles. The van der Waals surface area contributed by atoms with Gasteiger partial charge in [-0.1, -0.05) is 24.3 Å². The van der Waals surface area contributed by atoms with E-state index in [0.717, 1.165) is 30.8 Å². The van der Waals surface area contributed by atoms with Crippen molar-refractivity contribution in [2.24, 2.45) is 0 Å². The van der Waals surface area contributed by atoms with Gasteiger partial charge in [-0.15, -0.1) is 0 Å². The predicted molar refractivity (Wildman–Crippen MR) is 122 cm³/mol. The number of aromatic nitrogens is 1. The maximum Gasteiger partial charge on any atom is 0.273 e. The molecule has 0 aliphatic carbocycles. The van der Waals surface area contributed by atoms with Gasteiger partial charge in [-0.05, 0) is 35.4 Å². The fourth-order valence-electron chi connectivity index (χ4n) is 3.83. The molecule has 9 heteroatoms. The van der Waals surface area contributed by atoms with Crippen LogP contribution in [0.5, 0.6) is 0 Å². The number of nitrogens with one attached hydrogen (secondary N) is 1. The molecule has 1 aliphatic rings. The average molecular weight is 471 g/mol. The third-order valence-electron chi connectivity index (χ3n) is 5.58. The molecule has 0 atom stereocenters. The van der Waals surface area contributed by atoms with Gasteiger partial charge in [0.15, 0.2) is 5.69 Å². The highest BCUT2D eigenvalue weighted by Crippen LogP contribution is 2.16. The first-order chi connectivity index (χ1) is 16.5. The number of amides is 1. The molecule has 3 aromatic rings. The van der Waals surface area contributed by atoms with E-state index in [1.165, 1.54) is 30.5 Å². The van der Waals surface area contributed by atoms with Crippen molar-refractivity contribution in [2.75, 3.05) is 39.4 Å². The highest BCUT2D eigenvalue weighted by Gasteiger charge is 2.17. The molecule has 4 rings (SSSR count). The van der Waals surface area contributed by atoms with Gasteiger partial charge in [0, 0.05) is 39.3 Å². The smallest absolute Gasteiger partial charge is 0.273 e. The average Bonchev–Trinajstić information content (AvgIpc) is 3.30. The predicted octanol–water partition coefficient (Wildman–Crippen LogP) is 3.22. The van der Waals surface area contributed by atoms with Gasteiger partial charge in [0.2, 0.25) is 5.89 Å². The van der Waals surface area contributed by atoms with Gasteiger partial charge in [-0.2, -0.15) is 0 Å². The second-order valence-corrected chi connectivity index (χ2v) is 8.24. The van der Waals surface area contributed by atoms with Crippen molar-refractivity contribution in [3.8, 4) is 0 Å². The van der Waals surface area contributed by atoms with Crippen LogP contribution in [0.2, 0.25) is 0 Å².